The maximum atomic E-state index is 11.8. The van der Waals surface area contributed by atoms with Crippen molar-refractivity contribution in [3.63, 3.8) is 0 Å². The summed E-state index contributed by atoms with van der Waals surface area (Å²) in [5, 5.41) is 15.7. The van der Waals surface area contributed by atoms with Crippen molar-refractivity contribution in [2.24, 2.45) is 5.41 Å². The quantitative estimate of drug-likeness (QED) is 0.729. The highest BCUT2D eigenvalue weighted by Crippen LogP contribution is 2.29. The van der Waals surface area contributed by atoms with Crippen LogP contribution >= 0.6 is 0 Å². The lowest BCUT2D eigenvalue weighted by Gasteiger charge is -2.32. The molecule has 1 saturated carbocycles. The highest BCUT2D eigenvalue weighted by Gasteiger charge is 2.32. The minimum Gasteiger partial charge on any atom is -0.391 e. The molecule has 3 N–H and O–H groups in total. The number of carbonyl (C=O) groups excluding carboxylic acids is 1. The van der Waals surface area contributed by atoms with Gasteiger partial charge in [-0.15, -0.1) is 0 Å². The van der Waals surface area contributed by atoms with Gasteiger partial charge in [-0.25, -0.2) is 4.79 Å². The van der Waals surface area contributed by atoms with Crippen molar-refractivity contribution in [2.45, 2.75) is 64.6 Å². The van der Waals surface area contributed by atoms with Gasteiger partial charge >= 0.3 is 6.03 Å². The van der Waals surface area contributed by atoms with Crippen LogP contribution in [0.25, 0.3) is 0 Å². The fourth-order valence-electron chi connectivity index (χ4n) is 2.58. The average Bonchev–Trinajstić information content (AvgIpc) is 3.20. The third kappa shape index (κ3) is 4.63. The number of rotatable bonds is 4. The Balaban J connectivity index is 1.62. The Labute approximate surface area is 122 Å². The van der Waals surface area contributed by atoms with Gasteiger partial charge < -0.3 is 20.6 Å². The second-order valence-corrected chi connectivity index (χ2v) is 7.28. The first-order valence-electron chi connectivity index (χ1n) is 7.83. The monoisotopic (exact) mass is 283 g/mol. The number of urea groups is 1. The van der Waals surface area contributed by atoms with Gasteiger partial charge in [-0.3, -0.25) is 0 Å². The molecule has 0 bridgehead atoms. The molecule has 1 saturated heterocycles. The van der Waals surface area contributed by atoms with E-state index in [0.29, 0.717) is 6.54 Å². The second kappa shape index (κ2) is 6.31. The number of hydrogen-bond donors (Lipinski definition) is 3. The van der Waals surface area contributed by atoms with Gasteiger partial charge in [0, 0.05) is 31.7 Å². The van der Waals surface area contributed by atoms with Gasteiger partial charge in [-0.05, 0) is 31.1 Å². The molecule has 0 radical (unpaired) electrons. The highest BCUT2D eigenvalue weighted by atomic mass is 16.3. The number of likely N-dealkylation sites (tertiary alicyclic amines) is 1. The Kier molecular flexibility index (Phi) is 4.91. The maximum absolute atomic E-state index is 11.8. The van der Waals surface area contributed by atoms with Gasteiger partial charge in [0.05, 0.1) is 6.10 Å². The summed E-state index contributed by atoms with van der Waals surface area (Å²) in [6, 6.07) is 0.946. The molecule has 1 heterocycles. The predicted octanol–water partition coefficient (Wildman–Crippen LogP) is 1.32. The van der Waals surface area contributed by atoms with Gasteiger partial charge in [-0.1, -0.05) is 20.8 Å². The molecule has 2 fully saturated rings. The number of piperidine rings is 1. The Morgan fingerprint density at radius 2 is 1.85 bits per heavy atom. The highest BCUT2D eigenvalue weighted by molar-refractivity contribution is 5.74. The predicted molar refractivity (Wildman–Crippen MR) is 79.6 cm³/mol. The molecule has 1 aliphatic carbocycles. The summed E-state index contributed by atoms with van der Waals surface area (Å²) >= 11 is 0. The van der Waals surface area contributed by atoms with Crippen LogP contribution in [0.15, 0.2) is 0 Å². The number of aliphatic hydroxyl groups is 1. The van der Waals surface area contributed by atoms with Crippen LogP contribution in [0.5, 0.6) is 0 Å². The van der Waals surface area contributed by atoms with E-state index < -0.39 is 6.10 Å². The van der Waals surface area contributed by atoms with Crippen LogP contribution in [-0.4, -0.2) is 53.9 Å². The fourth-order valence-corrected chi connectivity index (χ4v) is 2.58. The van der Waals surface area contributed by atoms with Crippen LogP contribution in [0, 0.1) is 5.41 Å². The molecule has 20 heavy (non-hydrogen) atoms. The SMILES string of the molecule is CC(C)(C)C(O)CNC(=O)NC1CCN(C2CC2)CC1. The molecule has 2 aliphatic rings. The lowest BCUT2D eigenvalue weighted by Crippen LogP contribution is -2.50. The fraction of sp³-hybridized carbons (Fsp3) is 0.933. The summed E-state index contributed by atoms with van der Waals surface area (Å²) < 4.78 is 0. The first-order valence-corrected chi connectivity index (χ1v) is 7.83. The number of aliphatic hydroxyl groups excluding tert-OH is 1. The first kappa shape index (κ1) is 15.6. The van der Waals surface area contributed by atoms with Crippen molar-refractivity contribution in [1.29, 1.82) is 0 Å². The first-order chi connectivity index (χ1) is 9.36. The molecule has 1 aliphatic heterocycles. The molecule has 116 valence electrons. The second-order valence-electron chi connectivity index (χ2n) is 7.28. The zero-order valence-electron chi connectivity index (χ0n) is 13.0. The molecular weight excluding hydrogens is 254 g/mol. The van der Waals surface area contributed by atoms with Crippen molar-refractivity contribution in [1.82, 2.24) is 15.5 Å². The van der Waals surface area contributed by atoms with Crippen molar-refractivity contribution in [2.75, 3.05) is 19.6 Å². The van der Waals surface area contributed by atoms with E-state index in [4.69, 9.17) is 0 Å². The lowest BCUT2D eigenvalue weighted by atomic mass is 9.89. The van der Waals surface area contributed by atoms with E-state index >= 15 is 0 Å². The summed E-state index contributed by atoms with van der Waals surface area (Å²) in [7, 11) is 0. The van der Waals surface area contributed by atoms with E-state index in [1.165, 1.54) is 12.8 Å². The molecule has 5 nitrogen and oxygen atoms in total. The van der Waals surface area contributed by atoms with E-state index in [0.717, 1.165) is 32.0 Å². The summed E-state index contributed by atoms with van der Waals surface area (Å²) in [4.78, 5) is 14.4. The zero-order chi connectivity index (χ0) is 14.8. The summed E-state index contributed by atoms with van der Waals surface area (Å²) in [5.74, 6) is 0. The molecule has 1 unspecified atom stereocenters. The van der Waals surface area contributed by atoms with Crippen molar-refractivity contribution < 1.29 is 9.90 Å². The number of hydrogen-bond acceptors (Lipinski definition) is 3. The Morgan fingerprint density at radius 3 is 2.35 bits per heavy atom. The zero-order valence-corrected chi connectivity index (χ0v) is 13.0. The lowest BCUT2D eigenvalue weighted by molar-refractivity contribution is 0.0647. The average molecular weight is 283 g/mol. The van der Waals surface area contributed by atoms with Gasteiger partial charge in [-0.2, -0.15) is 0 Å². The number of carbonyl (C=O) groups is 1. The van der Waals surface area contributed by atoms with Gasteiger partial charge in [0.1, 0.15) is 0 Å². The smallest absolute Gasteiger partial charge is 0.315 e. The summed E-state index contributed by atoms with van der Waals surface area (Å²) in [6.07, 6.45) is 4.24. The van der Waals surface area contributed by atoms with Crippen LogP contribution in [0.1, 0.15) is 46.5 Å². The molecule has 0 aromatic carbocycles. The van der Waals surface area contributed by atoms with Crippen LogP contribution in [-0.2, 0) is 0 Å². The Bertz CT molecular complexity index is 329. The van der Waals surface area contributed by atoms with Crippen molar-refractivity contribution in [3.05, 3.63) is 0 Å². The molecule has 5 heteroatoms. The molecule has 2 rings (SSSR count). The Morgan fingerprint density at radius 1 is 1.25 bits per heavy atom. The molecule has 2 amide bonds. The Hall–Kier alpha value is -0.810. The summed E-state index contributed by atoms with van der Waals surface area (Å²) in [6.45, 7) is 8.39. The minimum absolute atomic E-state index is 0.154. The normalized spacial score (nSPS) is 23.4. The van der Waals surface area contributed by atoms with E-state index in [-0.39, 0.29) is 17.5 Å². The van der Waals surface area contributed by atoms with Crippen molar-refractivity contribution >= 4 is 6.03 Å². The van der Waals surface area contributed by atoms with Crippen LogP contribution < -0.4 is 10.6 Å². The molecule has 0 aromatic rings. The number of nitrogens with zero attached hydrogens (tertiary/aromatic N) is 1. The maximum Gasteiger partial charge on any atom is 0.315 e. The third-order valence-corrected chi connectivity index (χ3v) is 4.38. The molecule has 0 spiro atoms. The largest absolute Gasteiger partial charge is 0.391 e. The van der Waals surface area contributed by atoms with Gasteiger partial charge in [0.15, 0.2) is 0 Å². The van der Waals surface area contributed by atoms with E-state index in [1.54, 1.807) is 0 Å². The van der Waals surface area contributed by atoms with Crippen LogP contribution in [0.2, 0.25) is 0 Å². The molecule has 0 aromatic heterocycles. The number of nitrogens with one attached hydrogen (secondary N) is 2. The molecular formula is C15H29N3O2. The molecule has 1 atom stereocenters. The van der Waals surface area contributed by atoms with E-state index in [9.17, 15) is 9.90 Å². The van der Waals surface area contributed by atoms with Gasteiger partial charge in [0.2, 0.25) is 0 Å². The van der Waals surface area contributed by atoms with Crippen LogP contribution in [0.4, 0.5) is 4.79 Å². The van der Waals surface area contributed by atoms with Crippen LogP contribution in [0.3, 0.4) is 0 Å². The van der Waals surface area contributed by atoms with E-state index in [2.05, 4.69) is 15.5 Å². The van der Waals surface area contributed by atoms with Gasteiger partial charge in [0.25, 0.3) is 0 Å². The van der Waals surface area contributed by atoms with Crippen molar-refractivity contribution in [3.8, 4) is 0 Å². The topological polar surface area (TPSA) is 64.6 Å². The number of amides is 2. The summed E-state index contributed by atoms with van der Waals surface area (Å²) in [5.41, 5.74) is -0.205. The standard InChI is InChI=1S/C15H29N3O2/c1-15(2,3)13(19)10-16-14(20)17-11-6-8-18(9-7-11)12-4-5-12/h11-13,19H,4-10H2,1-3H3,(H2,16,17,20). The third-order valence-electron chi connectivity index (χ3n) is 4.38. The minimum atomic E-state index is -0.523. The van der Waals surface area contributed by atoms with E-state index in [1.807, 2.05) is 20.8 Å².